The number of hydrogen-bond donors (Lipinski definition) is 1. The Hall–Kier alpha value is -2.36. The van der Waals surface area contributed by atoms with Crippen LogP contribution in [0.3, 0.4) is 0 Å². The molecule has 1 aromatic heterocycles. The van der Waals surface area contributed by atoms with Crippen LogP contribution < -0.4 is 5.73 Å². The molecule has 1 heterocycles. The lowest BCUT2D eigenvalue weighted by atomic mass is 10.2. The van der Waals surface area contributed by atoms with Gasteiger partial charge in [-0.3, -0.25) is 0 Å². The van der Waals surface area contributed by atoms with Crippen LogP contribution in [0.5, 0.6) is 0 Å². The van der Waals surface area contributed by atoms with E-state index in [9.17, 15) is 4.79 Å². The number of nitrogen functional groups attached to an aromatic ring is 1. The van der Waals surface area contributed by atoms with E-state index in [-0.39, 0.29) is 12.3 Å². The monoisotopic (exact) mass is 228 g/mol. The van der Waals surface area contributed by atoms with Gasteiger partial charge in [0.1, 0.15) is 12.3 Å². The minimum absolute atomic E-state index is 0.242. The summed E-state index contributed by atoms with van der Waals surface area (Å²) in [7, 11) is 0. The second-order valence-electron chi connectivity index (χ2n) is 3.54. The van der Waals surface area contributed by atoms with Crippen molar-refractivity contribution in [1.82, 2.24) is 4.98 Å². The third kappa shape index (κ3) is 3.04. The van der Waals surface area contributed by atoms with E-state index in [1.165, 1.54) is 6.20 Å². The van der Waals surface area contributed by atoms with Crippen LogP contribution in [0.1, 0.15) is 16.1 Å². The predicted octanol–water partition coefficient (Wildman–Crippen LogP) is 2.02. The molecule has 0 aliphatic heterocycles. The number of carbonyl (C=O) groups excluding carboxylic acids is 1. The van der Waals surface area contributed by atoms with Crippen molar-refractivity contribution in [1.29, 1.82) is 0 Å². The zero-order valence-corrected chi connectivity index (χ0v) is 9.17. The van der Waals surface area contributed by atoms with Crippen molar-refractivity contribution in [3.8, 4) is 0 Å². The number of ether oxygens (including phenoxy) is 1. The number of nitrogens with zero attached hydrogens (tertiary/aromatic N) is 1. The van der Waals surface area contributed by atoms with Crippen LogP contribution in [0.2, 0.25) is 0 Å². The molecule has 0 saturated heterocycles. The fourth-order valence-electron chi connectivity index (χ4n) is 1.32. The summed E-state index contributed by atoms with van der Waals surface area (Å²) in [5, 5.41) is 0. The third-order valence-corrected chi connectivity index (χ3v) is 2.21. The number of anilines is 1. The Kier molecular flexibility index (Phi) is 3.35. The number of rotatable bonds is 3. The minimum Gasteiger partial charge on any atom is -0.456 e. The van der Waals surface area contributed by atoms with Gasteiger partial charge in [0.15, 0.2) is 0 Å². The Labute approximate surface area is 99.1 Å². The van der Waals surface area contributed by atoms with E-state index in [4.69, 9.17) is 10.5 Å². The lowest BCUT2D eigenvalue weighted by Gasteiger charge is -2.04. The first-order valence-corrected chi connectivity index (χ1v) is 5.18. The Bertz CT molecular complexity index is 495. The molecule has 0 unspecified atom stereocenters. The van der Waals surface area contributed by atoms with E-state index in [0.29, 0.717) is 5.69 Å². The number of hydrogen-bond acceptors (Lipinski definition) is 4. The molecule has 0 aliphatic rings. The van der Waals surface area contributed by atoms with Crippen LogP contribution in [-0.4, -0.2) is 11.0 Å². The van der Waals surface area contributed by atoms with E-state index >= 15 is 0 Å². The third-order valence-electron chi connectivity index (χ3n) is 2.21. The summed E-state index contributed by atoms with van der Waals surface area (Å²) in [6.07, 6.45) is 1.43. The van der Waals surface area contributed by atoms with E-state index in [0.717, 1.165) is 5.56 Å². The first-order chi connectivity index (χ1) is 8.25. The average Bonchev–Trinajstić information content (AvgIpc) is 2.38. The Morgan fingerprint density at radius 2 is 1.94 bits per heavy atom. The van der Waals surface area contributed by atoms with Gasteiger partial charge in [0.05, 0.1) is 11.9 Å². The van der Waals surface area contributed by atoms with Crippen molar-refractivity contribution in [2.75, 3.05) is 5.73 Å². The normalized spacial score (nSPS) is 9.88. The SMILES string of the molecule is Nc1ccc(C(=O)OCc2ccccc2)nc1. The zero-order valence-electron chi connectivity index (χ0n) is 9.17. The number of nitrogens with two attached hydrogens (primary N) is 1. The standard InChI is InChI=1S/C13H12N2O2/c14-11-6-7-12(15-8-11)13(16)17-9-10-4-2-1-3-5-10/h1-8H,9,14H2. The summed E-state index contributed by atoms with van der Waals surface area (Å²) in [6.45, 7) is 0.242. The molecule has 1 aromatic carbocycles. The van der Waals surface area contributed by atoms with Crippen molar-refractivity contribution in [2.45, 2.75) is 6.61 Å². The van der Waals surface area contributed by atoms with Crippen LogP contribution in [0, 0.1) is 0 Å². The largest absolute Gasteiger partial charge is 0.456 e. The highest BCUT2D eigenvalue weighted by atomic mass is 16.5. The summed E-state index contributed by atoms with van der Waals surface area (Å²) in [5.74, 6) is -0.450. The van der Waals surface area contributed by atoms with Crippen LogP contribution in [0.4, 0.5) is 5.69 Å². The molecule has 4 nitrogen and oxygen atoms in total. The van der Waals surface area contributed by atoms with Crippen molar-refractivity contribution in [3.63, 3.8) is 0 Å². The maximum absolute atomic E-state index is 11.6. The highest BCUT2D eigenvalue weighted by Gasteiger charge is 2.08. The highest BCUT2D eigenvalue weighted by molar-refractivity contribution is 5.87. The molecule has 0 fully saturated rings. The number of benzene rings is 1. The van der Waals surface area contributed by atoms with Crippen LogP contribution in [0.25, 0.3) is 0 Å². The number of esters is 1. The number of aromatic nitrogens is 1. The predicted molar refractivity (Wildman–Crippen MR) is 64.2 cm³/mol. The molecule has 0 bridgehead atoms. The van der Waals surface area contributed by atoms with Gasteiger partial charge in [-0.1, -0.05) is 30.3 Å². The fraction of sp³-hybridized carbons (Fsp3) is 0.0769. The molecular formula is C13H12N2O2. The summed E-state index contributed by atoms with van der Waals surface area (Å²) in [4.78, 5) is 15.5. The second-order valence-corrected chi connectivity index (χ2v) is 3.54. The van der Waals surface area contributed by atoms with Gasteiger partial charge in [0.25, 0.3) is 0 Å². The molecule has 0 aliphatic carbocycles. The molecule has 0 amide bonds. The molecule has 17 heavy (non-hydrogen) atoms. The molecule has 0 saturated carbocycles. The molecule has 4 heteroatoms. The topological polar surface area (TPSA) is 65.2 Å². The lowest BCUT2D eigenvalue weighted by Crippen LogP contribution is -2.07. The fourth-order valence-corrected chi connectivity index (χ4v) is 1.32. The maximum Gasteiger partial charge on any atom is 0.357 e. The van der Waals surface area contributed by atoms with Gasteiger partial charge in [0, 0.05) is 0 Å². The van der Waals surface area contributed by atoms with E-state index < -0.39 is 5.97 Å². The van der Waals surface area contributed by atoms with Gasteiger partial charge in [-0.25, -0.2) is 9.78 Å². The summed E-state index contributed by atoms with van der Waals surface area (Å²) in [6, 6.07) is 12.6. The number of carbonyl (C=O) groups is 1. The molecule has 0 atom stereocenters. The van der Waals surface area contributed by atoms with Gasteiger partial charge in [0.2, 0.25) is 0 Å². The quantitative estimate of drug-likeness (QED) is 0.816. The smallest absolute Gasteiger partial charge is 0.357 e. The summed E-state index contributed by atoms with van der Waals surface area (Å²) >= 11 is 0. The van der Waals surface area contributed by atoms with Crippen molar-refractivity contribution in [2.24, 2.45) is 0 Å². The van der Waals surface area contributed by atoms with Crippen LogP contribution in [0.15, 0.2) is 48.7 Å². The van der Waals surface area contributed by atoms with E-state index in [1.807, 2.05) is 30.3 Å². The van der Waals surface area contributed by atoms with E-state index in [2.05, 4.69) is 4.98 Å². The molecular weight excluding hydrogens is 216 g/mol. The maximum atomic E-state index is 11.6. The van der Waals surface area contributed by atoms with Crippen molar-refractivity contribution < 1.29 is 9.53 Å². The average molecular weight is 228 g/mol. The summed E-state index contributed by atoms with van der Waals surface area (Å²) < 4.78 is 5.11. The Balaban J connectivity index is 1.96. The summed E-state index contributed by atoms with van der Waals surface area (Å²) in [5.41, 5.74) is 7.20. The van der Waals surface area contributed by atoms with Crippen molar-refractivity contribution >= 4 is 11.7 Å². The first kappa shape index (κ1) is 11.1. The van der Waals surface area contributed by atoms with Gasteiger partial charge in [-0.2, -0.15) is 0 Å². The highest BCUT2D eigenvalue weighted by Crippen LogP contribution is 2.06. The first-order valence-electron chi connectivity index (χ1n) is 5.18. The molecule has 2 rings (SSSR count). The molecule has 0 spiro atoms. The molecule has 0 radical (unpaired) electrons. The molecule has 2 N–H and O–H groups in total. The Morgan fingerprint density at radius 1 is 1.18 bits per heavy atom. The van der Waals surface area contributed by atoms with Gasteiger partial charge < -0.3 is 10.5 Å². The van der Waals surface area contributed by atoms with Crippen LogP contribution in [-0.2, 0) is 11.3 Å². The number of pyridine rings is 1. The minimum atomic E-state index is -0.450. The lowest BCUT2D eigenvalue weighted by molar-refractivity contribution is 0.0466. The van der Waals surface area contributed by atoms with E-state index in [1.54, 1.807) is 12.1 Å². The van der Waals surface area contributed by atoms with Crippen LogP contribution >= 0.6 is 0 Å². The van der Waals surface area contributed by atoms with Crippen molar-refractivity contribution in [3.05, 3.63) is 59.9 Å². The van der Waals surface area contributed by atoms with Gasteiger partial charge >= 0.3 is 5.97 Å². The van der Waals surface area contributed by atoms with Gasteiger partial charge in [-0.15, -0.1) is 0 Å². The second kappa shape index (κ2) is 5.12. The molecule has 86 valence electrons. The molecule has 2 aromatic rings. The Morgan fingerprint density at radius 3 is 2.59 bits per heavy atom. The van der Waals surface area contributed by atoms with Gasteiger partial charge in [-0.05, 0) is 17.7 Å². The zero-order chi connectivity index (χ0) is 12.1.